The van der Waals surface area contributed by atoms with Gasteiger partial charge in [0.15, 0.2) is 0 Å². The molecule has 3 fully saturated rings. The van der Waals surface area contributed by atoms with Crippen LogP contribution in [0.25, 0.3) is 0 Å². The fourth-order valence-electron chi connectivity index (χ4n) is 6.27. The lowest BCUT2D eigenvalue weighted by atomic mass is 9.49. The molecular weight excluding hydrogens is 348 g/mol. The van der Waals surface area contributed by atoms with Crippen LogP contribution in [0.3, 0.4) is 0 Å². The molecule has 3 unspecified atom stereocenters. The van der Waals surface area contributed by atoms with Crippen LogP contribution in [-0.2, 0) is 9.53 Å². The highest BCUT2D eigenvalue weighted by atomic mass is 32.2. The maximum Gasteiger partial charge on any atom is 0.305 e. The molecule has 0 spiro atoms. The van der Waals surface area contributed by atoms with Gasteiger partial charge in [-0.25, -0.2) is 0 Å². The number of hydrogen-bond acceptors (Lipinski definition) is 5. The summed E-state index contributed by atoms with van der Waals surface area (Å²) in [6.45, 7) is 6.46. The van der Waals surface area contributed by atoms with Crippen molar-refractivity contribution in [1.29, 1.82) is 0 Å². The van der Waals surface area contributed by atoms with E-state index in [2.05, 4.69) is 19.9 Å². The zero-order valence-electron chi connectivity index (χ0n) is 16.1. The number of esters is 1. The molecule has 0 aromatic carbocycles. The van der Waals surface area contributed by atoms with E-state index in [0.717, 1.165) is 31.4 Å². The highest BCUT2D eigenvalue weighted by molar-refractivity contribution is 8.00. The zero-order chi connectivity index (χ0) is 18.7. The first-order valence-electron chi connectivity index (χ1n) is 10.2. The van der Waals surface area contributed by atoms with Crippen LogP contribution in [0.2, 0.25) is 0 Å². The van der Waals surface area contributed by atoms with E-state index in [4.69, 9.17) is 4.74 Å². The normalized spacial score (nSPS) is 50.3. The highest BCUT2D eigenvalue weighted by Crippen LogP contribution is 2.64. The summed E-state index contributed by atoms with van der Waals surface area (Å²) in [5.41, 5.74) is 1.32. The number of ether oxygens (including phenoxy) is 1. The smallest absolute Gasteiger partial charge is 0.305 e. The zero-order valence-corrected chi connectivity index (χ0v) is 16.9. The van der Waals surface area contributed by atoms with Gasteiger partial charge in [0, 0.05) is 28.8 Å². The third kappa shape index (κ3) is 2.68. The first-order chi connectivity index (χ1) is 12.3. The molecule has 4 aliphatic rings. The Morgan fingerprint density at radius 2 is 2.08 bits per heavy atom. The van der Waals surface area contributed by atoms with E-state index >= 15 is 0 Å². The number of thioether (sulfide) groups is 1. The number of fused-ring (bicyclic) bond motifs is 5. The van der Waals surface area contributed by atoms with E-state index in [9.17, 15) is 15.0 Å². The predicted octanol–water partition coefficient (Wildman–Crippen LogP) is 3.31. The number of rotatable bonds is 2. The second-order valence-electron chi connectivity index (χ2n) is 9.31. The largest absolute Gasteiger partial charge is 0.461 e. The predicted molar refractivity (Wildman–Crippen MR) is 103 cm³/mol. The fraction of sp³-hybridized carbons (Fsp3) is 0.857. The first kappa shape index (κ1) is 18.8. The van der Waals surface area contributed by atoms with Crippen LogP contribution in [-0.4, -0.2) is 45.5 Å². The summed E-state index contributed by atoms with van der Waals surface area (Å²) in [4.78, 5) is 11.9. The van der Waals surface area contributed by atoms with E-state index in [1.54, 1.807) is 0 Å². The molecule has 0 bridgehead atoms. The van der Waals surface area contributed by atoms with E-state index in [1.165, 1.54) is 5.57 Å². The van der Waals surface area contributed by atoms with Gasteiger partial charge in [0.2, 0.25) is 0 Å². The van der Waals surface area contributed by atoms with Gasteiger partial charge in [-0.3, -0.25) is 4.79 Å². The minimum Gasteiger partial charge on any atom is -0.461 e. The van der Waals surface area contributed by atoms with E-state index in [-0.39, 0.29) is 34.9 Å². The molecule has 5 heteroatoms. The molecule has 0 aromatic heterocycles. The molecule has 0 radical (unpaired) electrons. The van der Waals surface area contributed by atoms with Gasteiger partial charge in [0.05, 0.1) is 12.2 Å². The molecule has 0 aromatic rings. The Kier molecular flexibility index (Phi) is 4.72. The Morgan fingerprint density at radius 1 is 1.31 bits per heavy atom. The van der Waals surface area contributed by atoms with Gasteiger partial charge >= 0.3 is 5.97 Å². The number of aliphatic hydroxyl groups is 2. The number of aliphatic hydroxyl groups excluding tert-OH is 2. The number of carbonyl (C=O) groups excluding carboxylic acids is 1. The van der Waals surface area contributed by atoms with Gasteiger partial charge < -0.3 is 14.9 Å². The van der Waals surface area contributed by atoms with Gasteiger partial charge in [-0.05, 0) is 43.4 Å². The Bertz CT molecular complexity index is 619. The summed E-state index contributed by atoms with van der Waals surface area (Å²) in [5, 5.41) is 21.5. The van der Waals surface area contributed by atoms with Crippen LogP contribution in [0.15, 0.2) is 11.6 Å². The molecule has 2 saturated carbocycles. The van der Waals surface area contributed by atoms with Crippen LogP contribution >= 0.6 is 11.8 Å². The summed E-state index contributed by atoms with van der Waals surface area (Å²) >= 11 is 1.90. The summed E-state index contributed by atoms with van der Waals surface area (Å²) in [6, 6.07) is 0. The van der Waals surface area contributed by atoms with Crippen LogP contribution in [0.4, 0.5) is 0 Å². The van der Waals surface area contributed by atoms with Gasteiger partial charge in [0.1, 0.15) is 6.10 Å². The van der Waals surface area contributed by atoms with Crippen LogP contribution in [0, 0.1) is 22.7 Å². The van der Waals surface area contributed by atoms with Crippen molar-refractivity contribution in [2.24, 2.45) is 22.7 Å². The molecule has 146 valence electrons. The summed E-state index contributed by atoms with van der Waals surface area (Å²) in [6.07, 6.45) is 6.42. The third-order valence-electron chi connectivity index (χ3n) is 7.95. The molecule has 2 N–H and O–H groups in total. The molecular formula is C21H32O4S. The van der Waals surface area contributed by atoms with Gasteiger partial charge in [0.25, 0.3) is 0 Å². The standard InChI is InChI=1S/C21H32O4S/c1-4-17(24)25-16-11-26-19-18-14(6-8-21(16,19)3)20(2)7-5-13(22)9-12(20)10-15(18)23/h10,13-16,18-19,22-23H,4-9,11H2,1-3H3/t13-,14?,15-,16-,18?,19?,20-,21+/m0/s1. The van der Waals surface area contributed by atoms with Crippen LogP contribution in [0.1, 0.15) is 59.3 Å². The van der Waals surface area contributed by atoms with Crippen molar-refractivity contribution in [3.8, 4) is 0 Å². The molecule has 0 amide bonds. The van der Waals surface area contributed by atoms with Gasteiger partial charge in [-0.15, -0.1) is 0 Å². The van der Waals surface area contributed by atoms with Crippen molar-refractivity contribution in [3.63, 3.8) is 0 Å². The molecule has 3 aliphatic carbocycles. The summed E-state index contributed by atoms with van der Waals surface area (Å²) in [5.74, 6) is 1.40. The second-order valence-corrected chi connectivity index (χ2v) is 10.5. The van der Waals surface area contributed by atoms with E-state index in [0.29, 0.717) is 24.0 Å². The van der Waals surface area contributed by atoms with E-state index < -0.39 is 6.10 Å². The first-order valence-corrected chi connectivity index (χ1v) is 11.2. The molecule has 1 saturated heterocycles. The minimum absolute atomic E-state index is 0.0375. The highest BCUT2D eigenvalue weighted by Gasteiger charge is 2.62. The lowest BCUT2D eigenvalue weighted by molar-refractivity contribution is -0.156. The monoisotopic (exact) mass is 380 g/mol. The SMILES string of the molecule is CCC(=O)O[C@H]1CSC2C3C(CC[C@@]21C)[C@@]1(C)CC[C@H](O)CC1=C[C@@H]3O. The van der Waals surface area contributed by atoms with Crippen molar-refractivity contribution in [2.75, 3.05) is 5.75 Å². The van der Waals surface area contributed by atoms with E-state index in [1.807, 2.05) is 18.7 Å². The quantitative estimate of drug-likeness (QED) is 0.568. The lowest BCUT2D eigenvalue weighted by Crippen LogP contribution is -2.57. The topological polar surface area (TPSA) is 66.8 Å². The van der Waals surface area contributed by atoms with Crippen molar-refractivity contribution in [2.45, 2.75) is 82.9 Å². The molecule has 1 aliphatic heterocycles. The molecule has 4 nitrogen and oxygen atoms in total. The summed E-state index contributed by atoms with van der Waals surface area (Å²) in [7, 11) is 0. The van der Waals surface area contributed by atoms with Crippen molar-refractivity contribution in [1.82, 2.24) is 0 Å². The number of hydrogen-bond donors (Lipinski definition) is 2. The molecule has 1 heterocycles. The number of carbonyl (C=O) groups is 1. The molecule has 26 heavy (non-hydrogen) atoms. The average molecular weight is 381 g/mol. The molecule has 4 rings (SSSR count). The van der Waals surface area contributed by atoms with Crippen molar-refractivity contribution >= 4 is 17.7 Å². The third-order valence-corrected chi connectivity index (χ3v) is 9.66. The second kappa shape index (κ2) is 6.52. The fourth-order valence-corrected chi connectivity index (χ4v) is 8.32. The maximum absolute atomic E-state index is 11.9. The average Bonchev–Trinajstić information content (AvgIpc) is 2.93. The van der Waals surface area contributed by atoms with Crippen LogP contribution < -0.4 is 0 Å². The Labute approximate surface area is 160 Å². The maximum atomic E-state index is 11.9. The Balaban J connectivity index is 1.64. The lowest BCUT2D eigenvalue weighted by Gasteiger charge is -2.58. The van der Waals surface area contributed by atoms with Gasteiger partial charge in [-0.1, -0.05) is 32.4 Å². The molecule has 8 atom stereocenters. The minimum atomic E-state index is -0.453. The summed E-state index contributed by atoms with van der Waals surface area (Å²) < 4.78 is 5.80. The van der Waals surface area contributed by atoms with Crippen molar-refractivity contribution < 1.29 is 19.7 Å². The van der Waals surface area contributed by atoms with Crippen LogP contribution in [0.5, 0.6) is 0 Å². The van der Waals surface area contributed by atoms with Gasteiger partial charge in [-0.2, -0.15) is 11.8 Å². The van der Waals surface area contributed by atoms with Crippen molar-refractivity contribution in [3.05, 3.63) is 11.6 Å². The Morgan fingerprint density at radius 3 is 2.81 bits per heavy atom. The Hall–Kier alpha value is -0.520.